The van der Waals surface area contributed by atoms with Crippen LogP contribution in [0.5, 0.6) is 0 Å². The second-order valence-electron chi connectivity index (χ2n) is 3.54. The number of rotatable bonds is 5. The molecule has 88 valence electrons. The molecule has 1 aromatic heterocycles. The molecule has 1 heterocycles. The first-order valence-electron chi connectivity index (χ1n) is 5.16. The molecule has 0 fully saturated rings. The molecule has 0 N–H and O–H groups in total. The van der Waals surface area contributed by atoms with Crippen molar-refractivity contribution in [2.45, 2.75) is 11.3 Å². The minimum absolute atomic E-state index is 0.196. The highest BCUT2D eigenvalue weighted by atomic mass is 32.2. The summed E-state index contributed by atoms with van der Waals surface area (Å²) >= 11 is 3.04. The van der Waals surface area contributed by atoms with Gasteiger partial charge >= 0.3 is 0 Å². The van der Waals surface area contributed by atoms with Crippen LogP contribution < -0.4 is 0 Å². The lowest BCUT2D eigenvalue weighted by Gasteiger charge is -2.00. The Morgan fingerprint density at radius 2 is 2.00 bits per heavy atom. The van der Waals surface area contributed by atoms with Crippen molar-refractivity contribution >= 4 is 28.9 Å². The smallest absolute Gasteiger partial charge is 0.148 e. The van der Waals surface area contributed by atoms with Crippen LogP contribution in [0.1, 0.15) is 4.88 Å². The van der Waals surface area contributed by atoms with Crippen molar-refractivity contribution in [3.05, 3.63) is 52.5 Å². The molecule has 0 aliphatic rings. The van der Waals surface area contributed by atoms with Crippen LogP contribution in [0.25, 0.3) is 0 Å². The predicted octanol–water partition coefficient (Wildman–Crippen LogP) is 3.79. The van der Waals surface area contributed by atoms with Gasteiger partial charge < -0.3 is 0 Å². The first-order valence-corrected chi connectivity index (χ1v) is 7.03. The molecule has 0 saturated carbocycles. The Hall–Kier alpha value is -1.13. The summed E-state index contributed by atoms with van der Waals surface area (Å²) in [5.74, 6) is 0.379. The molecule has 1 aromatic carbocycles. The lowest BCUT2D eigenvalue weighted by atomic mass is 10.3. The van der Waals surface area contributed by atoms with E-state index in [0.717, 1.165) is 9.77 Å². The standard InChI is InChI=1S/C13H11FOS2/c14-10-3-5-12(6-4-10)17-9-11(15)8-13-2-1-7-16-13/h1-7H,8-9H2. The zero-order valence-electron chi connectivity index (χ0n) is 9.06. The summed E-state index contributed by atoms with van der Waals surface area (Å²) < 4.78 is 12.7. The lowest BCUT2D eigenvalue weighted by Crippen LogP contribution is -2.04. The molecule has 17 heavy (non-hydrogen) atoms. The monoisotopic (exact) mass is 266 g/mol. The quantitative estimate of drug-likeness (QED) is 0.766. The van der Waals surface area contributed by atoms with Crippen LogP contribution in [-0.2, 0) is 11.2 Å². The Morgan fingerprint density at radius 3 is 2.65 bits per heavy atom. The third-order valence-corrected chi connectivity index (χ3v) is 4.11. The normalized spacial score (nSPS) is 10.4. The molecule has 0 unspecified atom stereocenters. The van der Waals surface area contributed by atoms with E-state index in [-0.39, 0.29) is 11.6 Å². The van der Waals surface area contributed by atoms with Crippen molar-refractivity contribution in [2.75, 3.05) is 5.75 Å². The maximum Gasteiger partial charge on any atom is 0.148 e. The average Bonchev–Trinajstić information content (AvgIpc) is 2.81. The van der Waals surface area contributed by atoms with Crippen molar-refractivity contribution in [1.29, 1.82) is 0 Å². The molecule has 0 aliphatic carbocycles. The van der Waals surface area contributed by atoms with Gasteiger partial charge in [-0.05, 0) is 35.7 Å². The molecule has 1 nitrogen and oxygen atoms in total. The molecule has 0 spiro atoms. The number of halogens is 1. The summed E-state index contributed by atoms with van der Waals surface area (Å²) in [5.41, 5.74) is 0. The van der Waals surface area contributed by atoms with Crippen LogP contribution in [0.4, 0.5) is 4.39 Å². The molecular weight excluding hydrogens is 255 g/mol. The van der Waals surface area contributed by atoms with Gasteiger partial charge in [-0.15, -0.1) is 23.1 Å². The van der Waals surface area contributed by atoms with Gasteiger partial charge in [-0.1, -0.05) is 6.07 Å². The minimum Gasteiger partial charge on any atom is -0.298 e. The molecule has 2 aromatic rings. The van der Waals surface area contributed by atoms with Crippen LogP contribution in [0.15, 0.2) is 46.7 Å². The van der Waals surface area contributed by atoms with E-state index in [9.17, 15) is 9.18 Å². The molecule has 0 bridgehead atoms. The molecule has 2 rings (SSSR count). The average molecular weight is 266 g/mol. The van der Waals surface area contributed by atoms with Crippen LogP contribution in [0.3, 0.4) is 0 Å². The van der Waals surface area contributed by atoms with Gasteiger partial charge in [0.25, 0.3) is 0 Å². The lowest BCUT2D eigenvalue weighted by molar-refractivity contribution is -0.115. The zero-order valence-corrected chi connectivity index (χ0v) is 10.7. The van der Waals surface area contributed by atoms with E-state index in [0.29, 0.717) is 12.2 Å². The Balaban J connectivity index is 1.82. The van der Waals surface area contributed by atoms with Crippen molar-refractivity contribution in [1.82, 2.24) is 0 Å². The number of hydrogen-bond donors (Lipinski definition) is 0. The van der Waals surface area contributed by atoms with Gasteiger partial charge in [-0.2, -0.15) is 0 Å². The number of carbonyl (C=O) groups excluding carboxylic acids is 1. The number of thiophene rings is 1. The van der Waals surface area contributed by atoms with E-state index >= 15 is 0 Å². The predicted molar refractivity (Wildman–Crippen MR) is 70.2 cm³/mol. The summed E-state index contributed by atoms with van der Waals surface area (Å²) in [5, 5.41) is 1.97. The SMILES string of the molecule is O=C(CSc1ccc(F)cc1)Cc1cccs1. The highest BCUT2D eigenvalue weighted by molar-refractivity contribution is 8.00. The minimum atomic E-state index is -0.251. The van der Waals surface area contributed by atoms with E-state index in [1.54, 1.807) is 23.5 Å². The van der Waals surface area contributed by atoms with Gasteiger partial charge in [0.15, 0.2) is 0 Å². The number of Topliss-reactive ketones (excluding diaryl/α,β-unsaturated/α-hetero) is 1. The molecular formula is C13H11FOS2. The Morgan fingerprint density at radius 1 is 1.24 bits per heavy atom. The van der Waals surface area contributed by atoms with Gasteiger partial charge in [-0.3, -0.25) is 4.79 Å². The Bertz CT molecular complexity index is 477. The van der Waals surface area contributed by atoms with Gasteiger partial charge in [-0.25, -0.2) is 4.39 Å². The molecule has 0 radical (unpaired) electrons. The van der Waals surface area contributed by atoms with E-state index < -0.39 is 0 Å². The summed E-state index contributed by atoms with van der Waals surface area (Å²) in [6.45, 7) is 0. The van der Waals surface area contributed by atoms with Crippen LogP contribution in [-0.4, -0.2) is 11.5 Å². The summed E-state index contributed by atoms with van der Waals surface area (Å²) in [6, 6.07) is 10.1. The number of carbonyl (C=O) groups is 1. The van der Waals surface area contributed by atoms with Gasteiger partial charge in [0, 0.05) is 16.2 Å². The van der Waals surface area contributed by atoms with E-state index in [2.05, 4.69) is 0 Å². The van der Waals surface area contributed by atoms with Crippen molar-refractivity contribution in [3.63, 3.8) is 0 Å². The highest BCUT2D eigenvalue weighted by Gasteiger charge is 2.05. The van der Waals surface area contributed by atoms with Crippen LogP contribution in [0, 0.1) is 5.82 Å². The van der Waals surface area contributed by atoms with Crippen LogP contribution in [0.2, 0.25) is 0 Å². The van der Waals surface area contributed by atoms with Crippen molar-refractivity contribution < 1.29 is 9.18 Å². The van der Waals surface area contributed by atoms with Gasteiger partial charge in [0.1, 0.15) is 11.6 Å². The summed E-state index contributed by atoms with van der Waals surface area (Å²) in [4.78, 5) is 13.7. The first-order chi connectivity index (χ1) is 8.24. The fourth-order valence-electron chi connectivity index (χ4n) is 1.35. The second-order valence-corrected chi connectivity index (χ2v) is 5.62. The van der Waals surface area contributed by atoms with E-state index in [1.807, 2.05) is 17.5 Å². The number of thioether (sulfide) groups is 1. The first kappa shape index (κ1) is 12.3. The zero-order chi connectivity index (χ0) is 12.1. The van der Waals surface area contributed by atoms with Gasteiger partial charge in [0.05, 0.1) is 5.75 Å². The summed E-state index contributed by atoms with van der Waals surface area (Å²) in [6.07, 6.45) is 0.492. The van der Waals surface area contributed by atoms with Crippen molar-refractivity contribution in [2.24, 2.45) is 0 Å². The highest BCUT2D eigenvalue weighted by Crippen LogP contribution is 2.19. The molecule has 4 heteroatoms. The molecule has 0 atom stereocenters. The number of benzene rings is 1. The summed E-state index contributed by atoms with van der Waals surface area (Å²) in [7, 11) is 0. The fraction of sp³-hybridized carbons (Fsp3) is 0.154. The van der Waals surface area contributed by atoms with E-state index in [4.69, 9.17) is 0 Å². The molecule has 0 saturated heterocycles. The largest absolute Gasteiger partial charge is 0.298 e. The number of ketones is 1. The molecule has 0 amide bonds. The maximum atomic E-state index is 12.7. The topological polar surface area (TPSA) is 17.1 Å². The van der Waals surface area contributed by atoms with E-state index in [1.165, 1.54) is 23.9 Å². The Labute approximate surface area is 108 Å². The maximum absolute atomic E-state index is 12.7. The Kier molecular flexibility index (Phi) is 4.34. The van der Waals surface area contributed by atoms with Crippen molar-refractivity contribution in [3.8, 4) is 0 Å². The second kappa shape index (κ2) is 5.98. The third kappa shape index (κ3) is 3.98. The van der Waals surface area contributed by atoms with Crippen LogP contribution >= 0.6 is 23.1 Å². The number of hydrogen-bond acceptors (Lipinski definition) is 3. The molecule has 0 aliphatic heterocycles. The van der Waals surface area contributed by atoms with Gasteiger partial charge in [0.2, 0.25) is 0 Å². The third-order valence-electron chi connectivity index (χ3n) is 2.16. The fourth-order valence-corrected chi connectivity index (χ4v) is 2.84.